The van der Waals surface area contributed by atoms with Crippen LogP contribution in [0.5, 0.6) is 0 Å². The van der Waals surface area contributed by atoms with Gasteiger partial charge in [0.1, 0.15) is 0 Å². The van der Waals surface area contributed by atoms with Crippen LogP contribution in [0.3, 0.4) is 0 Å². The average Bonchev–Trinajstić information content (AvgIpc) is 2.34. The highest BCUT2D eigenvalue weighted by molar-refractivity contribution is 5.67. The van der Waals surface area contributed by atoms with Crippen LogP contribution in [0.15, 0.2) is 30.3 Å². The largest absolute Gasteiger partial charge is 0.0836 e. The molecule has 1 aromatic carbocycles. The molecule has 0 saturated heterocycles. The Kier molecular flexibility index (Phi) is 3.82. The third-order valence-electron chi connectivity index (χ3n) is 3.74. The lowest BCUT2D eigenvalue weighted by Gasteiger charge is -2.24. The number of allylic oxidation sites excluding steroid dienone is 2. The number of hydrogen-bond donors (Lipinski definition) is 0. The second kappa shape index (κ2) is 5.34. The number of benzene rings is 1. The zero-order valence-electron chi connectivity index (χ0n) is 10.5. The van der Waals surface area contributed by atoms with Crippen LogP contribution in [0, 0.1) is 12.8 Å². The quantitative estimate of drug-likeness (QED) is 0.651. The zero-order chi connectivity index (χ0) is 11.4. The van der Waals surface area contributed by atoms with Crippen molar-refractivity contribution in [2.24, 2.45) is 5.92 Å². The van der Waals surface area contributed by atoms with E-state index in [2.05, 4.69) is 44.2 Å². The van der Waals surface area contributed by atoms with Crippen LogP contribution in [-0.4, -0.2) is 0 Å². The van der Waals surface area contributed by atoms with Crippen molar-refractivity contribution in [3.63, 3.8) is 0 Å². The molecule has 0 atom stereocenters. The van der Waals surface area contributed by atoms with Crippen molar-refractivity contribution >= 4 is 5.57 Å². The summed E-state index contributed by atoms with van der Waals surface area (Å²) in [6.45, 7) is 4.34. The molecule has 0 aromatic heterocycles. The van der Waals surface area contributed by atoms with E-state index < -0.39 is 0 Å². The molecule has 0 N–H and O–H groups in total. The van der Waals surface area contributed by atoms with Crippen LogP contribution in [0.4, 0.5) is 0 Å². The molecule has 0 aliphatic heterocycles. The topological polar surface area (TPSA) is 0 Å². The molecule has 0 amide bonds. The first-order valence-corrected chi connectivity index (χ1v) is 6.54. The van der Waals surface area contributed by atoms with E-state index in [-0.39, 0.29) is 0 Å². The Morgan fingerprint density at radius 2 is 1.69 bits per heavy atom. The smallest absolute Gasteiger partial charge is 0.0159 e. The zero-order valence-corrected chi connectivity index (χ0v) is 10.5. The van der Waals surface area contributed by atoms with E-state index >= 15 is 0 Å². The van der Waals surface area contributed by atoms with E-state index in [0.717, 1.165) is 5.92 Å². The van der Waals surface area contributed by atoms with E-state index in [9.17, 15) is 0 Å². The first-order valence-electron chi connectivity index (χ1n) is 6.54. The van der Waals surface area contributed by atoms with Gasteiger partial charge in [-0.2, -0.15) is 0 Å². The molecule has 86 valence electrons. The lowest BCUT2D eigenvalue weighted by molar-refractivity contribution is 0.429. The summed E-state index contributed by atoms with van der Waals surface area (Å²) in [5, 5.41) is 0. The molecule has 1 aliphatic carbocycles. The van der Waals surface area contributed by atoms with Gasteiger partial charge >= 0.3 is 0 Å². The third-order valence-corrected chi connectivity index (χ3v) is 3.74. The standard InChI is InChI=1S/C16H22/c1-3-16(14-7-5-4-6-8-14)15-11-9-13(2)10-12-15/h3,9-12,14H,4-8H2,1-2H3. The first kappa shape index (κ1) is 11.4. The summed E-state index contributed by atoms with van der Waals surface area (Å²) in [6.07, 6.45) is 9.34. The van der Waals surface area contributed by atoms with Gasteiger partial charge in [-0.25, -0.2) is 0 Å². The molecular weight excluding hydrogens is 192 g/mol. The minimum atomic E-state index is 0.807. The second-order valence-electron chi connectivity index (χ2n) is 4.94. The summed E-state index contributed by atoms with van der Waals surface area (Å²) in [5.74, 6) is 0.807. The van der Waals surface area contributed by atoms with Gasteiger partial charge in [0.25, 0.3) is 0 Å². The predicted octanol–water partition coefficient (Wildman–Crippen LogP) is 4.98. The molecule has 0 heterocycles. The number of hydrogen-bond acceptors (Lipinski definition) is 0. The Balaban J connectivity index is 2.18. The van der Waals surface area contributed by atoms with E-state index in [1.54, 1.807) is 5.57 Å². The molecule has 0 heteroatoms. The maximum atomic E-state index is 2.32. The predicted molar refractivity (Wildman–Crippen MR) is 71.4 cm³/mol. The number of aryl methyl sites for hydroxylation is 1. The Hall–Kier alpha value is -1.04. The van der Waals surface area contributed by atoms with Gasteiger partial charge in [-0.05, 0) is 43.7 Å². The van der Waals surface area contributed by atoms with Crippen LogP contribution in [0.1, 0.15) is 50.2 Å². The van der Waals surface area contributed by atoms with Gasteiger partial charge in [0.05, 0.1) is 0 Å². The number of rotatable bonds is 2. The van der Waals surface area contributed by atoms with Crippen molar-refractivity contribution in [3.05, 3.63) is 41.5 Å². The van der Waals surface area contributed by atoms with Crippen LogP contribution in [-0.2, 0) is 0 Å². The normalized spacial score (nSPS) is 18.8. The Bertz CT molecular complexity index is 350. The summed E-state index contributed by atoms with van der Waals surface area (Å²) in [6, 6.07) is 9.00. The lowest BCUT2D eigenvalue weighted by Crippen LogP contribution is -2.08. The highest BCUT2D eigenvalue weighted by Crippen LogP contribution is 2.35. The van der Waals surface area contributed by atoms with Gasteiger partial charge < -0.3 is 0 Å². The van der Waals surface area contributed by atoms with Gasteiger partial charge in [0.2, 0.25) is 0 Å². The van der Waals surface area contributed by atoms with Crippen molar-refractivity contribution in [1.29, 1.82) is 0 Å². The Labute approximate surface area is 99.4 Å². The van der Waals surface area contributed by atoms with Gasteiger partial charge in [-0.1, -0.05) is 55.2 Å². The van der Waals surface area contributed by atoms with E-state index in [4.69, 9.17) is 0 Å². The highest BCUT2D eigenvalue weighted by atomic mass is 14.2. The molecule has 0 nitrogen and oxygen atoms in total. The lowest BCUT2D eigenvalue weighted by atomic mass is 9.81. The molecule has 0 unspecified atom stereocenters. The van der Waals surface area contributed by atoms with Crippen LogP contribution < -0.4 is 0 Å². The van der Waals surface area contributed by atoms with E-state index in [1.165, 1.54) is 43.2 Å². The van der Waals surface area contributed by atoms with Crippen LogP contribution >= 0.6 is 0 Å². The third kappa shape index (κ3) is 2.55. The first-order chi connectivity index (χ1) is 7.81. The molecule has 0 bridgehead atoms. The summed E-state index contributed by atoms with van der Waals surface area (Å²) >= 11 is 0. The van der Waals surface area contributed by atoms with Gasteiger partial charge in [0, 0.05) is 0 Å². The Morgan fingerprint density at radius 3 is 2.25 bits per heavy atom. The van der Waals surface area contributed by atoms with Gasteiger partial charge in [-0.3, -0.25) is 0 Å². The maximum Gasteiger partial charge on any atom is -0.0159 e. The molecule has 0 radical (unpaired) electrons. The summed E-state index contributed by atoms with van der Waals surface area (Å²) in [7, 11) is 0. The van der Waals surface area contributed by atoms with Crippen molar-refractivity contribution in [2.75, 3.05) is 0 Å². The fraction of sp³-hybridized carbons (Fsp3) is 0.500. The molecular formula is C16H22. The SMILES string of the molecule is CC=C(c1ccc(C)cc1)C1CCCCC1. The van der Waals surface area contributed by atoms with E-state index in [1.807, 2.05) is 0 Å². The fourth-order valence-corrected chi connectivity index (χ4v) is 2.80. The molecule has 0 spiro atoms. The van der Waals surface area contributed by atoms with Crippen LogP contribution in [0.25, 0.3) is 5.57 Å². The molecule has 1 fully saturated rings. The monoisotopic (exact) mass is 214 g/mol. The molecule has 1 saturated carbocycles. The van der Waals surface area contributed by atoms with Gasteiger partial charge in [-0.15, -0.1) is 0 Å². The van der Waals surface area contributed by atoms with Gasteiger partial charge in [0.15, 0.2) is 0 Å². The van der Waals surface area contributed by atoms with Crippen molar-refractivity contribution in [3.8, 4) is 0 Å². The van der Waals surface area contributed by atoms with E-state index in [0.29, 0.717) is 0 Å². The highest BCUT2D eigenvalue weighted by Gasteiger charge is 2.18. The fourth-order valence-electron chi connectivity index (χ4n) is 2.80. The maximum absolute atomic E-state index is 2.32. The summed E-state index contributed by atoms with van der Waals surface area (Å²) in [4.78, 5) is 0. The second-order valence-corrected chi connectivity index (χ2v) is 4.94. The molecule has 16 heavy (non-hydrogen) atoms. The summed E-state index contributed by atoms with van der Waals surface area (Å²) in [5.41, 5.74) is 4.35. The van der Waals surface area contributed by atoms with Crippen molar-refractivity contribution < 1.29 is 0 Å². The minimum absolute atomic E-state index is 0.807. The molecule has 1 aliphatic rings. The summed E-state index contributed by atoms with van der Waals surface area (Å²) < 4.78 is 0. The van der Waals surface area contributed by atoms with Crippen molar-refractivity contribution in [2.45, 2.75) is 46.0 Å². The van der Waals surface area contributed by atoms with Crippen LogP contribution in [0.2, 0.25) is 0 Å². The van der Waals surface area contributed by atoms with Crippen molar-refractivity contribution in [1.82, 2.24) is 0 Å². The average molecular weight is 214 g/mol. The molecule has 1 aromatic rings. The minimum Gasteiger partial charge on any atom is -0.0836 e. The Morgan fingerprint density at radius 1 is 1.06 bits per heavy atom. The molecule has 2 rings (SSSR count).